The first-order chi connectivity index (χ1) is 6.74. The maximum Gasteiger partial charge on any atom is 0.304 e. The highest BCUT2D eigenvalue weighted by Gasteiger charge is 2.06. The molecule has 74 valence electrons. The molecule has 0 saturated heterocycles. The third-order valence-corrected chi connectivity index (χ3v) is 1.54. The molecule has 1 aromatic rings. The average molecular weight is 194 g/mol. The van der Waals surface area contributed by atoms with E-state index in [9.17, 15) is 9.70 Å². The molecule has 0 atom stereocenters. The van der Waals surface area contributed by atoms with Crippen molar-refractivity contribution in [3.63, 3.8) is 0 Å². The van der Waals surface area contributed by atoms with Crippen molar-refractivity contribution in [3.05, 3.63) is 35.2 Å². The summed E-state index contributed by atoms with van der Waals surface area (Å²) in [6.45, 7) is 1.11. The number of carbonyl (C=O) groups is 1. The Morgan fingerprint density at radius 2 is 2.07 bits per heavy atom. The molecule has 0 aromatic heterocycles. The van der Waals surface area contributed by atoms with Crippen molar-refractivity contribution in [3.8, 4) is 0 Å². The first-order valence-corrected chi connectivity index (χ1v) is 4.03. The minimum absolute atomic E-state index is 0.164. The molecule has 0 heterocycles. The Labute approximate surface area is 81.2 Å². The molecular formula is C9H10N2O3. The van der Waals surface area contributed by atoms with Gasteiger partial charge in [-0.3, -0.25) is 4.79 Å². The molecule has 0 aliphatic heterocycles. The summed E-state index contributed by atoms with van der Waals surface area (Å²) in [4.78, 5) is 20.9. The lowest BCUT2D eigenvalue weighted by Crippen LogP contribution is -2.20. The largest absolute Gasteiger partial charge is 0.442 e. The minimum Gasteiger partial charge on any atom is -0.442 e. The van der Waals surface area contributed by atoms with Gasteiger partial charge in [0, 0.05) is 6.92 Å². The number of rotatable bonds is 4. The smallest absolute Gasteiger partial charge is 0.304 e. The van der Waals surface area contributed by atoms with Crippen molar-refractivity contribution in [2.75, 3.05) is 11.7 Å². The number of nitroso groups, excluding NO2 is 1. The zero-order valence-corrected chi connectivity index (χ0v) is 7.71. The molecule has 0 aliphatic carbocycles. The van der Waals surface area contributed by atoms with Crippen molar-refractivity contribution in [1.82, 2.24) is 0 Å². The van der Waals surface area contributed by atoms with Crippen LogP contribution in [0.5, 0.6) is 0 Å². The van der Waals surface area contributed by atoms with Crippen LogP contribution < -0.4 is 5.01 Å². The van der Waals surface area contributed by atoms with Crippen LogP contribution in [0.3, 0.4) is 0 Å². The van der Waals surface area contributed by atoms with Crippen LogP contribution in [0.25, 0.3) is 0 Å². The third kappa shape index (κ3) is 2.85. The Bertz CT molecular complexity index is 313. The SMILES string of the molecule is CC(=O)OCN(N=O)c1ccccc1. The Morgan fingerprint density at radius 1 is 1.43 bits per heavy atom. The van der Waals surface area contributed by atoms with Crippen LogP contribution in [0.15, 0.2) is 35.6 Å². The summed E-state index contributed by atoms with van der Waals surface area (Å²) in [7, 11) is 0. The number of nitrogens with zero attached hydrogens (tertiary/aromatic N) is 2. The van der Waals surface area contributed by atoms with E-state index >= 15 is 0 Å². The topological polar surface area (TPSA) is 59.0 Å². The second kappa shape index (κ2) is 4.96. The van der Waals surface area contributed by atoms with Crippen LogP contribution in [-0.2, 0) is 9.53 Å². The fourth-order valence-corrected chi connectivity index (χ4v) is 0.897. The Morgan fingerprint density at radius 3 is 2.57 bits per heavy atom. The molecule has 0 aliphatic rings. The third-order valence-electron chi connectivity index (χ3n) is 1.54. The molecular weight excluding hydrogens is 184 g/mol. The second-order valence-electron chi connectivity index (χ2n) is 2.58. The van der Waals surface area contributed by atoms with Gasteiger partial charge in [-0.15, -0.1) is 4.91 Å². The summed E-state index contributed by atoms with van der Waals surface area (Å²) in [6.07, 6.45) is 0. The van der Waals surface area contributed by atoms with Crippen LogP contribution in [0.2, 0.25) is 0 Å². The van der Waals surface area contributed by atoms with Gasteiger partial charge in [0.15, 0.2) is 6.73 Å². The lowest BCUT2D eigenvalue weighted by Gasteiger charge is -2.13. The number of para-hydroxylation sites is 1. The fourth-order valence-electron chi connectivity index (χ4n) is 0.897. The number of esters is 1. The minimum atomic E-state index is -0.449. The van der Waals surface area contributed by atoms with Gasteiger partial charge in [-0.25, -0.2) is 0 Å². The predicted molar refractivity (Wildman–Crippen MR) is 51.3 cm³/mol. The Hall–Kier alpha value is -1.91. The van der Waals surface area contributed by atoms with Crippen LogP contribution in [0.1, 0.15) is 6.92 Å². The molecule has 0 amide bonds. The van der Waals surface area contributed by atoms with E-state index in [1.54, 1.807) is 24.3 Å². The van der Waals surface area contributed by atoms with Crippen LogP contribution in [0, 0.1) is 4.91 Å². The van der Waals surface area contributed by atoms with Crippen LogP contribution in [0.4, 0.5) is 5.69 Å². The van der Waals surface area contributed by atoms with E-state index in [1.165, 1.54) is 6.92 Å². The van der Waals surface area contributed by atoms with Crippen molar-refractivity contribution < 1.29 is 9.53 Å². The second-order valence-corrected chi connectivity index (χ2v) is 2.58. The van der Waals surface area contributed by atoms with Crippen molar-refractivity contribution in [2.24, 2.45) is 5.29 Å². The van der Waals surface area contributed by atoms with Gasteiger partial charge in [-0.2, -0.15) is 5.01 Å². The quantitative estimate of drug-likeness (QED) is 0.317. The van der Waals surface area contributed by atoms with Gasteiger partial charge in [0.25, 0.3) is 0 Å². The van der Waals surface area contributed by atoms with Crippen molar-refractivity contribution >= 4 is 11.7 Å². The van der Waals surface area contributed by atoms with Gasteiger partial charge in [0.05, 0.1) is 11.0 Å². The van der Waals surface area contributed by atoms with E-state index < -0.39 is 5.97 Å². The van der Waals surface area contributed by atoms with E-state index in [1.807, 2.05) is 6.07 Å². The van der Waals surface area contributed by atoms with E-state index in [0.29, 0.717) is 5.69 Å². The van der Waals surface area contributed by atoms with Gasteiger partial charge in [-0.05, 0) is 12.1 Å². The summed E-state index contributed by atoms with van der Waals surface area (Å²) in [5, 5.41) is 3.79. The van der Waals surface area contributed by atoms with Gasteiger partial charge < -0.3 is 4.74 Å². The summed E-state index contributed by atoms with van der Waals surface area (Å²) in [5.41, 5.74) is 0.587. The summed E-state index contributed by atoms with van der Waals surface area (Å²) < 4.78 is 4.64. The number of hydrogen-bond donors (Lipinski definition) is 0. The molecule has 0 radical (unpaired) electrons. The van der Waals surface area contributed by atoms with Gasteiger partial charge in [-0.1, -0.05) is 18.2 Å². The van der Waals surface area contributed by atoms with Gasteiger partial charge >= 0.3 is 5.97 Å². The van der Waals surface area contributed by atoms with E-state index in [2.05, 4.69) is 10.0 Å². The molecule has 14 heavy (non-hydrogen) atoms. The lowest BCUT2D eigenvalue weighted by molar-refractivity contribution is -0.140. The molecule has 0 saturated carbocycles. The van der Waals surface area contributed by atoms with E-state index in [0.717, 1.165) is 5.01 Å². The number of ether oxygens (including phenoxy) is 1. The molecule has 0 N–H and O–H groups in total. The van der Waals surface area contributed by atoms with Gasteiger partial charge in [0.1, 0.15) is 0 Å². The zero-order valence-electron chi connectivity index (χ0n) is 7.71. The molecule has 1 aromatic carbocycles. The van der Waals surface area contributed by atoms with E-state index in [-0.39, 0.29) is 6.73 Å². The maximum absolute atomic E-state index is 10.5. The first kappa shape index (κ1) is 10.2. The Balaban J connectivity index is 2.63. The molecule has 0 spiro atoms. The highest BCUT2D eigenvalue weighted by molar-refractivity contribution is 5.66. The molecule has 5 nitrogen and oxygen atoms in total. The lowest BCUT2D eigenvalue weighted by atomic mass is 10.3. The van der Waals surface area contributed by atoms with Gasteiger partial charge in [0.2, 0.25) is 0 Å². The van der Waals surface area contributed by atoms with Crippen LogP contribution in [-0.4, -0.2) is 12.7 Å². The number of anilines is 1. The number of carbonyl (C=O) groups excluding carboxylic acids is 1. The number of hydrogen-bond acceptors (Lipinski definition) is 4. The molecule has 0 fully saturated rings. The predicted octanol–water partition coefficient (Wildman–Crippen LogP) is 1.70. The summed E-state index contributed by atoms with van der Waals surface area (Å²) in [6, 6.07) is 8.75. The van der Waals surface area contributed by atoms with Crippen molar-refractivity contribution in [1.29, 1.82) is 0 Å². The highest BCUT2D eigenvalue weighted by Crippen LogP contribution is 2.12. The first-order valence-electron chi connectivity index (χ1n) is 4.03. The molecule has 0 unspecified atom stereocenters. The van der Waals surface area contributed by atoms with Crippen molar-refractivity contribution in [2.45, 2.75) is 6.92 Å². The highest BCUT2D eigenvalue weighted by atomic mass is 16.5. The molecule has 0 bridgehead atoms. The normalized spacial score (nSPS) is 9.21. The molecule has 5 heteroatoms. The van der Waals surface area contributed by atoms with Crippen LogP contribution >= 0.6 is 0 Å². The summed E-state index contributed by atoms with van der Waals surface area (Å²) in [5.74, 6) is -0.449. The standard InChI is InChI=1S/C9H10N2O3/c1-8(12)14-7-11(10-13)9-5-3-2-4-6-9/h2-6H,7H2,1H3. The molecule has 1 rings (SSSR count). The van der Waals surface area contributed by atoms with E-state index in [4.69, 9.17) is 0 Å². The fraction of sp³-hybridized carbons (Fsp3) is 0.222. The average Bonchev–Trinajstić information content (AvgIpc) is 2.20. The zero-order chi connectivity index (χ0) is 10.4. The number of benzene rings is 1. The summed E-state index contributed by atoms with van der Waals surface area (Å²) >= 11 is 0. The maximum atomic E-state index is 10.5. The Kier molecular flexibility index (Phi) is 3.60. The monoisotopic (exact) mass is 194 g/mol.